The summed E-state index contributed by atoms with van der Waals surface area (Å²) in [6.07, 6.45) is 0.520. The van der Waals surface area contributed by atoms with Crippen molar-refractivity contribution < 1.29 is 32.2 Å². The van der Waals surface area contributed by atoms with Gasteiger partial charge in [0.15, 0.2) is 0 Å². The molecule has 1 N–H and O–H groups in total. The molecule has 1 aliphatic heterocycles. The van der Waals surface area contributed by atoms with Gasteiger partial charge in [-0.05, 0) is 92.9 Å². The van der Waals surface area contributed by atoms with E-state index < -0.39 is 28.7 Å². The van der Waals surface area contributed by atoms with Gasteiger partial charge in [-0.3, -0.25) is 14.5 Å². The molecule has 41 heavy (non-hydrogen) atoms. The normalized spacial score (nSPS) is 26.2. The zero-order valence-corrected chi connectivity index (χ0v) is 23.4. The second-order valence-corrected chi connectivity index (χ2v) is 11.6. The monoisotopic (exact) mass is 568 g/mol. The number of benzene rings is 2. The molecule has 1 saturated heterocycles. The van der Waals surface area contributed by atoms with E-state index in [0.29, 0.717) is 43.0 Å². The number of amides is 1. The molecular formula is C32H35F3N2O4. The van der Waals surface area contributed by atoms with Crippen LogP contribution in [-0.2, 0) is 25.9 Å². The summed E-state index contributed by atoms with van der Waals surface area (Å²) in [4.78, 5) is 27.8. The summed E-state index contributed by atoms with van der Waals surface area (Å²) in [5.74, 6) is 5.79. The molecule has 1 heterocycles. The standard InChI is InChI=1S/C32H35F3N2O4/c1-22(38)41-31-15-14-27(36-29(39)13-10-23-8-11-25(12-9-23)32(33,34)35)19-30(31,26-4-3-5-28(18-26)40-2)16-17-37(21-31)20-24-6-7-24/h3-5,8-9,11-12,18,24,27H,6-7,14-17,19-21H2,1-2H3,(H,36,39)/t27-,30-,31-/m0/s1. The van der Waals surface area contributed by atoms with E-state index in [1.165, 1.54) is 31.9 Å². The van der Waals surface area contributed by atoms with E-state index in [4.69, 9.17) is 9.47 Å². The fourth-order valence-electron chi connectivity index (χ4n) is 6.64. The average molecular weight is 569 g/mol. The minimum atomic E-state index is -4.43. The van der Waals surface area contributed by atoms with Crippen LogP contribution in [-0.4, -0.2) is 55.2 Å². The van der Waals surface area contributed by atoms with E-state index in [9.17, 15) is 22.8 Å². The number of nitrogens with one attached hydrogen (secondary N) is 1. The van der Waals surface area contributed by atoms with E-state index >= 15 is 0 Å². The van der Waals surface area contributed by atoms with Crippen LogP contribution in [0.1, 0.15) is 62.1 Å². The molecule has 218 valence electrons. The van der Waals surface area contributed by atoms with E-state index in [2.05, 4.69) is 22.1 Å². The molecular weight excluding hydrogens is 533 g/mol. The molecule has 2 aromatic carbocycles. The lowest BCUT2D eigenvalue weighted by atomic mass is 9.55. The maximum absolute atomic E-state index is 12.9. The second-order valence-electron chi connectivity index (χ2n) is 11.6. The van der Waals surface area contributed by atoms with Crippen molar-refractivity contribution in [2.45, 2.75) is 68.7 Å². The maximum Gasteiger partial charge on any atom is 0.416 e. The summed E-state index contributed by atoms with van der Waals surface area (Å²) in [6, 6.07) is 12.1. The molecule has 2 aromatic rings. The third-order valence-corrected chi connectivity index (χ3v) is 8.74. The van der Waals surface area contributed by atoms with Gasteiger partial charge in [-0.1, -0.05) is 18.1 Å². The molecule has 0 bridgehead atoms. The SMILES string of the molecule is COc1cccc([C@@]23CCN(CC4CC4)C[C@@]2(OC(C)=O)CC[C@H](NC(=O)C#Cc2ccc(C(F)(F)F)cc2)C3)c1. The van der Waals surface area contributed by atoms with Crippen molar-refractivity contribution in [1.82, 2.24) is 10.2 Å². The highest BCUT2D eigenvalue weighted by atomic mass is 19.4. The highest BCUT2D eigenvalue weighted by Crippen LogP contribution is 2.54. The molecule has 0 aromatic heterocycles. The van der Waals surface area contributed by atoms with E-state index in [1.54, 1.807) is 7.11 Å². The summed E-state index contributed by atoms with van der Waals surface area (Å²) in [6.45, 7) is 3.94. The van der Waals surface area contributed by atoms with Crippen LogP contribution in [0.5, 0.6) is 5.75 Å². The first-order valence-electron chi connectivity index (χ1n) is 14.1. The molecule has 0 radical (unpaired) electrons. The van der Waals surface area contributed by atoms with Crippen LogP contribution in [0.3, 0.4) is 0 Å². The fourth-order valence-corrected chi connectivity index (χ4v) is 6.64. The number of methoxy groups -OCH3 is 1. The maximum atomic E-state index is 12.9. The van der Waals surface area contributed by atoms with E-state index in [0.717, 1.165) is 37.2 Å². The van der Waals surface area contributed by atoms with Crippen molar-refractivity contribution in [2.75, 3.05) is 26.7 Å². The first kappa shape index (κ1) is 29.0. The molecule has 0 unspecified atom stereocenters. The summed E-state index contributed by atoms with van der Waals surface area (Å²) in [5, 5.41) is 3.03. The van der Waals surface area contributed by atoms with Gasteiger partial charge in [-0.25, -0.2) is 0 Å². The summed E-state index contributed by atoms with van der Waals surface area (Å²) in [7, 11) is 1.62. The number of carbonyl (C=O) groups is 2. The zero-order chi connectivity index (χ0) is 29.3. The number of likely N-dealkylation sites (tertiary alicyclic amines) is 1. The highest BCUT2D eigenvalue weighted by molar-refractivity contribution is 5.94. The average Bonchev–Trinajstić information content (AvgIpc) is 3.75. The predicted octanol–water partition coefficient (Wildman–Crippen LogP) is 5.09. The molecule has 3 atom stereocenters. The number of hydrogen-bond acceptors (Lipinski definition) is 5. The van der Waals surface area contributed by atoms with Crippen molar-refractivity contribution in [2.24, 2.45) is 5.92 Å². The largest absolute Gasteiger partial charge is 0.497 e. The Labute approximate surface area is 238 Å². The lowest BCUT2D eigenvalue weighted by Crippen LogP contribution is -2.68. The van der Waals surface area contributed by atoms with Crippen LogP contribution < -0.4 is 10.1 Å². The van der Waals surface area contributed by atoms with Crippen LogP contribution in [0.4, 0.5) is 13.2 Å². The predicted molar refractivity (Wildman–Crippen MR) is 147 cm³/mol. The highest BCUT2D eigenvalue weighted by Gasteiger charge is 2.61. The zero-order valence-electron chi connectivity index (χ0n) is 23.4. The molecule has 2 aliphatic carbocycles. The van der Waals surface area contributed by atoms with Crippen molar-refractivity contribution in [3.05, 3.63) is 65.2 Å². The molecule has 3 fully saturated rings. The second kappa shape index (κ2) is 11.4. The summed E-state index contributed by atoms with van der Waals surface area (Å²) in [5.41, 5.74) is -0.743. The van der Waals surface area contributed by atoms with Gasteiger partial charge in [0.05, 0.1) is 12.7 Å². The summed E-state index contributed by atoms with van der Waals surface area (Å²) >= 11 is 0. The van der Waals surface area contributed by atoms with Crippen LogP contribution in [0.2, 0.25) is 0 Å². The Bertz CT molecular complexity index is 1350. The first-order valence-corrected chi connectivity index (χ1v) is 14.1. The molecule has 6 nitrogen and oxygen atoms in total. The van der Waals surface area contributed by atoms with Crippen molar-refractivity contribution in [3.63, 3.8) is 0 Å². The van der Waals surface area contributed by atoms with Gasteiger partial charge in [0, 0.05) is 43.0 Å². The molecule has 1 amide bonds. The van der Waals surface area contributed by atoms with Gasteiger partial charge in [0.25, 0.3) is 5.91 Å². The molecule has 2 saturated carbocycles. The minimum absolute atomic E-state index is 0.228. The number of carbonyl (C=O) groups excluding carboxylic acids is 2. The van der Waals surface area contributed by atoms with Gasteiger partial charge in [-0.2, -0.15) is 13.2 Å². The lowest BCUT2D eigenvalue weighted by molar-refractivity contribution is -0.187. The van der Waals surface area contributed by atoms with E-state index in [-0.39, 0.29) is 12.0 Å². The Hall–Kier alpha value is -3.51. The van der Waals surface area contributed by atoms with Crippen LogP contribution in [0.15, 0.2) is 48.5 Å². The number of fused-ring (bicyclic) bond motifs is 1. The smallest absolute Gasteiger partial charge is 0.416 e. The molecule has 3 aliphatic rings. The topological polar surface area (TPSA) is 67.9 Å². The van der Waals surface area contributed by atoms with Gasteiger partial charge >= 0.3 is 12.1 Å². The van der Waals surface area contributed by atoms with Gasteiger partial charge < -0.3 is 14.8 Å². The van der Waals surface area contributed by atoms with Crippen molar-refractivity contribution >= 4 is 11.9 Å². The number of esters is 1. The molecule has 9 heteroatoms. The van der Waals surface area contributed by atoms with Gasteiger partial charge in [0.2, 0.25) is 0 Å². The Kier molecular flexibility index (Phi) is 8.06. The number of ether oxygens (including phenoxy) is 2. The quantitative estimate of drug-likeness (QED) is 0.389. The summed E-state index contributed by atoms with van der Waals surface area (Å²) < 4.78 is 50.4. The van der Waals surface area contributed by atoms with Crippen molar-refractivity contribution in [1.29, 1.82) is 0 Å². The number of alkyl halides is 3. The van der Waals surface area contributed by atoms with Crippen LogP contribution >= 0.6 is 0 Å². The number of nitrogens with zero attached hydrogens (tertiary/aromatic N) is 1. The van der Waals surface area contributed by atoms with Gasteiger partial charge in [-0.15, -0.1) is 0 Å². The Morgan fingerprint density at radius 1 is 1.10 bits per heavy atom. The van der Waals surface area contributed by atoms with Crippen LogP contribution in [0, 0.1) is 17.8 Å². The third-order valence-electron chi connectivity index (χ3n) is 8.74. The Morgan fingerprint density at radius 2 is 1.85 bits per heavy atom. The fraction of sp³-hybridized carbons (Fsp3) is 0.500. The third kappa shape index (κ3) is 6.38. The lowest BCUT2D eigenvalue weighted by Gasteiger charge is -2.59. The molecule has 5 rings (SSSR count). The van der Waals surface area contributed by atoms with Crippen molar-refractivity contribution in [3.8, 4) is 17.6 Å². The van der Waals surface area contributed by atoms with Crippen LogP contribution in [0.25, 0.3) is 0 Å². The minimum Gasteiger partial charge on any atom is -0.497 e. The number of piperidine rings is 1. The molecule has 0 spiro atoms. The van der Waals surface area contributed by atoms with Gasteiger partial charge in [0.1, 0.15) is 11.4 Å². The Balaban J connectivity index is 1.40. The number of hydrogen-bond donors (Lipinski definition) is 1. The van der Waals surface area contributed by atoms with E-state index in [1.807, 2.05) is 24.3 Å². The number of rotatable bonds is 6. The first-order chi connectivity index (χ1) is 19.5. The Morgan fingerprint density at radius 3 is 2.51 bits per heavy atom. The number of halogens is 3.